The van der Waals surface area contributed by atoms with Gasteiger partial charge in [-0.25, -0.2) is 4.39 Å². The van der Waals surface area contributed by atoms with Crippen LogP contribution in [0, 0.1) is 18.2 Å². The van der Waals surface area contributed by atoms with Crippen molar-refractivity contribution in [1.29, 1.82) is 0 Å². The Hall–Kier alpha value is -1.01. The molecule has 1 unspecified atom stereocenters. The zero-order valence-corrected chi connectivity index (χ0v) is 13.4. The van der Waals surface area contributed by atoms with E-state index in [-0.39, 0.29) is 10.9 Å². The molecule has 0 bridgehead atoms. The Labute approximate surface area is 125 Å². The fourth-order valence-electron chi connectivity index (χ4n) is 1.49. The molecule has 0 heterocycles. The average Bonchev–Trinajstić information content (AvgIpc) is 2.34. The molecule has 0 fully saturated rings. The standard InChI is InChI=1S/C13H16BrFN2OS/c1-4-13(3,11(16)19)12(18)17-10-6-9(15)8(14)5-7(10)2/h5-6H,4H2,1-3H3,(H2,16,19)(H,17,18). The number of amides is 1. The second-order valence-corrected chi connectivity index (χ2v) is 5.88. The Morgan fingerprint density at radius 1 is 1.58 bits per heavy atom. The lowest BCUT2D eigenvalue weighted by Gasteiger charge is -2.26. The number of carbonyl (C=O) groups excluding carboxylic acids is 1. The zero-order valence-electron chi connectivity index (χ0n) is 11.0. The smallest absolute Gasteiger partial charge is 0.237 e. The summed E-state index contributed by atoms with van der Waals surface area (Å²) in [4.78, 5) is 12.4. The van der Waals surface area contributed by atoms with Crippen LogP contribution >= 0.6 is 28.1 Å². The largest absolute Gasteiger partial charge is 0.392 e. The first kappa shape index (κ1) is 16.0. The van der Waals surface area contributed by atoms with Crippen LogP contribution in [-0.2, 0) is 4.79 Å². The highest BCUT2D eigenvalue weighted by Crippen LogP contribution is 2.28. The van der Waals surface area contributed by atoms with E-state index in [2.05, 4.69) is 21.2 Å². The number of rotatable bonds is 4. The van der Waals surface area contributed by atoms with E-state index in [1.165, 1.54) is 6.07 Å². The van der Waals surface area contributed by atoms with Gasteiger partial charge in [-0.1, -0.05) is 19.1 Å². The van der Waals surface area contributed by atoms with Crippen molar-refractivity contribution < 1.29 is 9.18 Å². The molecule has 1 aromatic carbocycles. The lowest BCUT2D eigenvalue weighted by atomic mass is 9.86. The molecule has 0 saturated heterocycles. The first-order valence-electron chi connectivity index (χ1n) is 5.79. The van der Waals surface area contributed by atoms with E-state index in [1.54, 1.807) is 19.9 Å². The molecule has 0 aromatic heterocycles. The second-order valence-electron chi connectivity index (χ2n) is 4.59. The molecule has 0 aliphatic heterocycles. The van der Waals surface area contributed by atoms with Gasteiger partial charge in [0.25, 0.3) is 0 Å². The molecule has 0 spiro atoms. The minimum absolute atomic E-state index is 0.128. The van der Waals surface area contributed by atoms with Gasteiger partial charge in [0.2, 0.25) is 5.91 Å². The van der Waals surface area contributed by atoms with Gasteiger partial charge in [-0.15, -0.1) is 0 Å². The lowest BCUT2D eigenvalue weighted by Crippen LogP contribution is -2.43. The quantitative estimate of drug-likeness (QED) is 0.820. The van der Waals surface area contributed by atoms with Gasteiger partial charge < -0.3 is 11.1 Å². The summed E-state index contributed by atoms with van der Waals surface area (Å²) in [5.74, 6) is -0.762. The van der Waals surface area contributed by atoms with Crippen molar-refractivity contribution in [2.75, 3.05) is 5.32 Å². The SMILES string of the molecule is CCC(C)(C(=O)Nc1cc(F)c(Br)cc1C)C(N)=S. The van der Waals surface area contributed by atoms with Crippen molar-refractivity contribution in [3.63, 3.8) is 0 Å². The van der Waals surface area contributed by atoms with Crippen LogP contribution in [0.15, 0.2) is 16.6 Å². The number of thiocarbonyl (C=S) groups is 1. The first-order chi connectivity index (χ1) is 8.72. The van der Waals surface area contributed by atoms with Crippen LogP contribution in [0.1, 0.15) is 25.8 Å². The number of aryl methyl sites for hydroxylation is 1. The number of nitrogens with one attached hydrogen (secondary N) is 1. The topological polar surface area (TPSA) is 55.1 Å². The van der Waals surface area contributed by atoms with Crippen LogP contribution in [0.2, 0.25) is 0 Å². The molecule has 0 radical (unpaired) electrons. The Morgan fingerprint density at radius 2 is 2.16 bits per heavy atom. The Bertz CT molecular complexity index is 536. The number of benzene rings is 1. The highest BCUT2D eigenvalue weighted by Gasteiger charge is 2.34. The number of anilines is 1. The van der Waals surface area contributed by atoms with Gasteiger partial charge in [-0.3, -0.25) is 4.79 Å². The molecule has 1 atom stereocenters. The van der Waals surface area contributed by atoms with Gasteiger partial charge in [0.1, 0.15) is 5.82 Å². The summed E-state index contributed by atoms with van der Waals surface area (Å²) in [6.45, 7) is 5.28. The van der Waals surface area contributed by atoms with Crippen molar-refractivity contribution in [2.24, 2.45) is 11.1 Å². The van der Waals surface area contributed by atoms with E-state index in [1.807, 2.05) is 6.92 Å². The minimum Gasteiger partial charge on any atom is -0.392 e. The number of hydrogen-bond donors (Lipinski definition) is 2. The number of carbonyl (C=O) groups is 1. The number of halogens is 2. The first-order valence-corrected chi connectivity index (χ1v) is 6.99. The van der Waals surface area contributed by atoms with Crippen LogP contribution in [0.3, 0.4) is 0 Å². The van der Waals surface area contributed by atoms with Crippen molar-refractivity contribution in [1.82, 2.24) is 0 Å². The van der Waals surface area contributed by atoms with Crippen LogP contribution in [0.25, 0.3) is 0 Å². The van der Waals surface area contributed by atoms with Gasteiger partial charge >= 0.3 is 0 Å². The molecule has 1 rings (SSSR count). The van der Waals surface area contributed by atoms with E-state index in [4.69, 9.17) is 18.0 Å². The maximum absolute atomic E-state index is 13.5. The van der Waals surface area contributed by atoms with Gasteiger partial charge in [0.05, 0.1) is 14.9 Å². The molecule has 3 N–H and O–H groups in total. The monoisotopic (exact) mass is 346 g/mol. The van der Waals surface area contributed by atoms with E-state index in [9.17, 15) is 9.18 Å². The summed E-state index contributed by atoms with van der Waals surface area (Å²) in [5.41, 5.74) is 5.85. The molecule has 0 aliphatic carbocycles. The van der Waals surface area contributed by atoms with Gasteiger partial charge in [-0.2, -0.15) is 0 Å². The summed E-state index contributed by atoms with van der Waals surface area (Å²) < 4.78 is 13.9. The Kier molecular flexibility index (Phi) is 5.04. The van der Waals surface area contributed by atoms with Crippen LogP contribution in [-0.4, -0.2) is 10.9 Å². The fraction of sp³-hybridized carbons (Fsp3) is 0.385. The normalized spacial score (nSPS) is 13.7. The molecule has 1 aromatic rings. The molecular weight excluding hydrogens is 331 g/mol. The van der Waals surface area contributed by atoms with Crippen molar-refractivity contribution in [3.05, 3.63) is 28.0 Å². The van der Waals surface area contributed by atoms with E-state index in [0.29, 0.717) is 16.6 Å². The predicted octanol–water partition coefficient (Wildman–Crippen LogP) is 3.54. The van der Waals surface area contributed by atoms with Crippen LogP contribution < -0.4 is 11.1 Å². The van der Waals surface area contributed by atoms with Crippen LogP contribution in [0.4, 0.5) is 10.1 Å². The summed E-state index contributed by atoms with van der Waals surface area (Å²) in [5, 5.41) is 2.68. The van der Waals surface area contributed by atoms with E-state index in [0.717, 1.165) is 5.56 Å². The molecule has 1 amide bonds. The van der Waals surface area contributed by atoms with Crippen molar-refractivity contribution in [3.8, 4) is 0 Å². The molecule has 6 heteroatoms. The highest BCUT2D eigenvalue weighted by molar-refractivity contribution is 9.10. The molecular formula is C13H16BrFN2OS. The van der Waals surface area contributed by atoms with E-state index < -0.39 is 11.2 Å². The maximum Gasteiger partial charge on any atom is 0.237 e. The predicted molar refractivity (Wildman–Crippen MR) is 82.7 cm³/mol. The molecule has 0 saturated carbocycles. The zero-order chi connectivity index (χ0) is 14.8. The number of nitrogens with two attached hydrogens (primary N) is 1. The Morgan fingerprint density at radius 3 is 2.63 bits per heavy atom. The lowest BCUT2D eigenvalue weighted by molar-refractivity contribution is -0.121. The summed E-state index contributed by atoms with van der Waals surface area (Å²) in [7, 11) is 0. The molecule has 0 aliphatic rings. The third kappa shape index (κ3) is 3.30. The summed E-state index contributed by atoms with van der Waals surface area (Å²) >= 11 is 8.03. The van der Waals surface area contributed by atoms with Crippen molar-refractivity contribution in [2.45, 2.75) is 27.2 Å². The van der Waals surface area contributed by atoms with Gasteiger partial charge in [0.15, 0.2) is 0 Å². The second kappa shape index (κ2) is 5.96. The molecule has 104 valence electrons. The summed E-state index contributed by atoms with van der Waals surface area (Å²) in [6.07, 6.45) is 0.478. The van der Waals surface area contributed by atoms with E-state index >= 15 is 0 Å². The minimum atomic E-state index is -0.939. The van der Waals surface area contributed by atoms with Crippen LogP contribution in [0.5, 0.6) is 0 Å². The fourth-order valence-corrected chi connectivity index (χ4v) is 2.18. The molecule has 3 nitrogen and oxygen atoms in total. The third-order valence-electron chi connectivity index (χ3n) is 3.27. The highest BCUT2D eigenvalue weighted by atomic mass is 79.9. The van der Waals surface area contributed by atoms with Crippen molar-refractivity contribution >= 4 is 44.7 Å². The van der Waals surface area contributed by atoms with Gasteiger partial charge in [-0.05, 0) is 53.9 Å². The third-order valence-corrected chi connectivity index (χ3v) is 4.33. The van der Waals surface area contributed by atoms with Gasteiger partial charge in [0, 0.05) is 5.69 Å². The maximum atomic E-state index is 13.5. The molecule has 19 heavy (non-hydrogen) atoms. The Balaban J connectivity index is 3.06. The number of hydrogen-bond acceptors (Lipinski definition) is 2. The summed E-state index contributed by atoms with van der Waals surface area (Å²) in [6, 6.07) is 2.88. The average molecular weight is 347 g/mol.